The quantitative estimate of drug-likeness (QED) is 0.682. The SMILES string of the molecule is CCOc1ccccc1OCCN(CCc1ccc(OC)c(C)c1)C(=O)O. The predicted molar refractivity (Wildman–Crippen MR) is 104 cm³/mol. The van der Waals surface area contributed by atoms with E-state index < -0.39 is 6.09 Å². The summed E-state index contributed by atoms with van der Waals surface area (Å²) < 4.78 is 16.5. The van der Waals surface area contributed by atoms with Crippen molar-refractivity contribution < 1.29 is 24.1 Å². The van der Waals surface area contributed by atoms with Crippen LogP contribution >= 0.6 is 0 Å². The summed E-state index contributed by atoms with van der Waals surface area (Å²) in [5.74, 6) is 2.11. The first-order chi connectivity index (χ1) is 13.0. The van der Waals surface area contributed by atoms with Crippen molar-refractivity contribution in [2.24, 2.45) is 0 Å². The van der Waals surface area contributed by atoms with E-state index in [0.29, 0.717) is 31.1 Å². The summed E-state index contributed by atoms with van der Waals surface area (Å²) >= 11 is 0. The van der Waals surface area contributed by atoms with Gasteiger partial charge in [0.25, 0.3) is 0 Å². The monoisotopic (exact) mass is 373 g/mol. The van der Waals surface area contributed by atoms with E-state index >= 15 is 0 Å². The van der Waals surface area contributed by atoms with Gasteiger partial charge in [0.2, 0.25) is 0 Å². The third-order valence-electron chi connectivity index (χ3n) is 4.17. The van der Waals surface area contributed by atoms with E-state index in [1.165, 1.54) is 4.90 Å². The van der Waals surface area contributed by atoms with E-state index in [4.69, 9.17) is 14.2 Å². The van der Waals surface area contributed by atoms with Crippen LogP contribution in [0.4, 0.5) is 4.79 Å². The fraction of sp³-hybridized carbons (Fsp3) is 0.381. The molecule has 0 saturated carbocycles. The zero-order valence-corrected chi connectivity index (χ0v) is 16.1. The molecule has 0 spiro atoms. The third-order valence-corrected chi connectivity index (χ3v) is 4.17. The van der Waals surface area contributed by atoms with Crippen molar-refractivity contribution in [3.05, 3.63) is 53.6 Å². The Bertz CT molecular complexity index is 747. The molecule has 0 atom stereocenters. The highest BCUT2D eigenvalue weighted by molar-refractivity contribution is 5.65. The van der Waals surface area contributed by atoms with Gasteiger partial charge in [-0.3, -0.25) is 0 Å². The highest BCUT2D eigenvalue weighted by atomic mass is 16.5. The summed E-state index contributed by atoms with van der Waals surface area (Å²) in [6.07, 6.45) is -0.325. The third kappa shape index (κ3) is 6.09. The molecule has 0 unspecified atom stereocenters. The van der Waals surface area contributed by atoms with Gasteiger partial charge in [0, 0.05) is 6.54 Å². The fourth-order valence-electron chi connectivity index (χ4n) is 2.77. The van der Waals surface area contributed by atoms with Crippen molar-refractivity contribution in [2.75, 3.05) is 33.4 Å². The van der Waals surface area contributed by atoms with Crippen LogP contribution in [0.2, 0.25) is 0 Å². The summed E-state index contributed by atoms with van der Waals surface area (Å²) in [5.41, 5.74) is 2.11. The van der Waals surface area contributed by atoms with Crippen LogP contribution in [0.1, 0.15) is 18.1 Å². The molecule has 1 amide bonds. The number of hydrogen-bond donors (Lipinski definition) is 1. The molecular formula is C21H27NO5. The van der Waals surface area contributed by atoms with Crippen LogP contribution in [0, 0.1) is 6.92 Å². The van der Waals surface area contributed by atoms with Crippen molar-refractivity contribution in [2.45, 2.75) is 20.3 Å². The van der Waals surface area contributed by atoms with Gasteiger partial charge >= 0.3 is 6.09 Å². The van der Waals surface area contributed by atoms with Gasteiger partial charge in [-0.25, -0.2) is 4.79 Å². The number of carbonyl (C=O) groups is 1. The molecule has 0 heterocycles. The summed E-state index contributed by atoms with van der Waals surface area (Å²) in [5, 5.41) is 9.45. The number of methoxy groups -OCH3 is 1. The Morgan fingerprint density at radius 3 is 2.33 bits per heavy atom. The molecule has 0 aromatic heterocycles. The first-order valence-electron chi connectivity index (χ1n) is 9.01. The van der Waals surface area contributed by atoms with E-state index in [1.54, 1.807) is 7.11 Å². The minimum absolute atomic E-state index is 0.262. The zero-order valence-electron chi connectivity index (χ0n) is 16.1. The first kappa shape index (κ1) is 20.4. The molecular weight excluding hydrogens is 346 g/mol. The molecule has 0 fully saturated rings. The Hall–Kier alpha value is -2.89. The molecule has 2 rings (SSSR count). The number of ether oxygens (including phenoxy) is 3. The molecule has 1 N–H and O–H groups in total. The lowest BCUT2D eigenvalue weighted by Gasteiger charge is -2.20. The number of nitrogens with zero attached hydrogens (tertiary/aromatic N) is 1. The van der Waals surface area contributed by atoms with E-state index in [-0.39, 0.29) is 13.2 Å². The van der Waals surface area contributed by atoms with Gasteiger partial charge in [0.1, 0.15) is 12.4 Å². The number of rotatable bonds is 10. The van der Waals surface area contributed by atoms with Crippen LogP contribution < -0.4 is 14.2 Å². The Labute approximate surface area is 160 Å². The maximum absolute atomic E-state index is 11.5. The van der Waals surface area contributed by atoms with Crippen molar-refractivity contribution in [3.8, 4) is 17.2 Å². The maximum Gasteiger partial charge on any atom is 0.407 e. The van der Waals surface area contributed by atoms with Crippen LogP contribution in [-0.4, -0.2) is 49.5 Å². The van der Waals surface area contributed by atoms with E-state index in [9.17, 15) is 9.90 Å². The van der Waals surface area contributed by atoms with E-state index in [0.717, 1.165) is 16.9 Å². The lowest BCUT2D eigenvalue weighted by atomic mass is 10.1. The average molecular weight is 373 g/mol. The van der Waals surface area contributed by atoms with Gasteiger partial charge < -0.3 is 24.2 Å². The standard InChI is InChI=1S/C21H27NO5/c1-4-26-19-7-5-6-8-20(19)27-14-13-22(21(23)24)12-11-17-9-10-18(25-3)16(2)15-17/h5-10,15H,4,11-14H2,1-3H3,(H,23,24). The topological polar surface area (TPSA) is 68.2 Å². The lowest BCUT2D eigenvalue weighted by Crippen LogP contribution is -2.35. The summed E-state index contributed by atoms with van der Waals surface area (Å²) in [6, 6.07) is 13.3. The smallest absolute Gasteiger partial charge is 0.407 e. The Balaban J connectivity index is 1.89. The molecule has 146 valence electrons. The highest BCUT2D eigenvalue weighted by Crippen LogP contribution is 2.26. The zero-order chi connectivity index (χ0) is 19.6. The number of amides is 1. The van der Waals surface area contributed by atoms with Crippen LogP contribution in [-0.2, 0) is 6.42 Å². The summed E-state index contributed by atoms with van der Waals surface area (Å²) in [7, 11) is 1.64. The largest absolute Gasteiger partial charge is 0.496 e. The second kappa shape index (κ2) is 10.3. The van der Waals surface area contributed by atoms with Gasteiger partial charge in [-0.2, -0.15) is 0 Å². The van der Waals surface area contributed by atoms with Crippen molar-refractivity contribution in [1.29, 1.82) is 0 Å². The van der Waals surface area contributed by atoms with Crippen LogP contribution in [0.15, 0.2) is 42.5 Å². The van der Waals surface area contributed by atoms with Gasteiger partial charge in [0.05, 0.1) is 20.3 Å². The Morgan fingerprint density at radius 1 is 1.04 bits per heavy atom. The van der Waals surface area contributed by atoms with Gasteiger partial charge in [0.15, 0.2) is 11.5 Å². The number of benzene rings is 2. The molecule has 0 bridgehead atoms. The number of carboxylic acid groups (broad SMARTS) is 1. The number of hydrogen-bond acceptors (Lipinski definition) is 4. The van der Waals surface area contributed by atoms with Gasteiger partial charge in [-0.15, -0.1) is 0 Å². The first-order valence-corrected chi connectivity index (χ1v) is 9.01. The van der Waals surface area contributed by atoms with E-state index in [2.05, 4.69) is 0 Å². The molecule has 6 heteroatoms. The molecule has 0 saturated heterocycles. The maximum atomic E-state index is 11.5. The normalized spacial score (nSPS) is 10.3. The van der Waals surface area contributed by atoms with Gasteiger partial charge in [-0.05, 0) is 49.6 Å². The van der Waals surface area contributed by atoms with Crippen molar-refractivity contribution in [3.63, 3.8) is 0 Å². The van der Waals surface area contributed by atoms with Gasteiger partial charge in [-0.1, -0.05) is 24.3 Å². The molecule has 2 aromatic carbocycles. The van der Waals surface area contributed by atoms with Crippen LogP contribution in [0.5, 0.6) is 17.2 Å². The van der Waals surface area contributed by atoms with Crippen molar-refractivity contribution in [1.82, 2.24) is 4.90 Å². The molecule has 27 heavy (non-hydrogen) atoms. The fourth-order valence-corrected chi connectivity index (χ4v) is 2.77. The molecule has 0 aliphatic heterocycles. The number of para-hydroxylation sites is 2. The second-order valence-electron chi connectivity index (χ2n) is 6.05. The minimum atomic E-state index is -0.957. The average Bonchev–Trinajstić information content (AvgIpc) is 2.65. The van der Waals surface area contributed by atoms with E-state index in [1.807, 2.05) is 56.3 Å². The molecule has 2 aromatic rings. The highest BCUT2D eigenvalue weighted by Gasteiger charge is 2.13. The van der Waals surface area contributed by atoms with Crippen molar-refractivity contribution >= 4 is 6.09 Å². The summed E-state index contributed by atoms with van der Waals surface area (Å²) in [6.45, 7) is 5.37. The molecule has 6 nitrogen and oxygen atoms in total. The molecule has 0 aliphatic carbocycles. The minimum Gasteiger partial charge on any atom is -0.496 e. The summed E-state index contributed by atoms with van der Waals surface area (Å²) in [4.78, 5) is 12.9. The molecule has 0 aliphatic rings. The Morgan fingerprint density at radius 2 is 1.74 bits per heavy atom. The lowest BCUT2D eigenvalue weighted by molar-refractivity contribution is 0.135. The van der Waals surface area contributed by atoms with Crippen LogP contribution in [0.3, 0.4) is 0 Å². The molecule has 0 radical (unpaired) electrons. The second-order valence-corrected chi connectivity index (χ2v) is 6.05. The Kier molecular flexibility index (Phi) is 7.79. The van der Waals surface area contributed by atoms with Crippen LogP contribution in [0.25, 0.3) is 0 Å². The number of aryl methyl sites for hydroxylation is 1. The predicted octanol–water partition coefficient (Wildman–Crippen LogP) is 4.00.